The molecule has 0 saturated heterocycles. The first kappa shape index (κ1) is 101. The summed E-state index contributed by atoms with van der Waals surface area (Å²) in [4.78, 5) is 46.2. The van der Waals surface area contributed by atoms with Gasteiger partial charge in [-0.15, -0.1) is 0 Å². The first-order valence-electron chi connectivity index (χ1n) is 44.2. The zero-order chi connectivity index (χ0) is 68.9. The standard InChI is InChI=1S/C46H90O2.C44H86O2.2CH4/c1-5-9-11-13-19-25-31-37-43(39-33-27-21-15-17-23-29-35-41-45(47)7-3)44(38-32-26-20-14-12-10-6-2)40-34-28-22-16-18-24-30-36-42-46(48)8-4;1-5-9-11-13-17-23-29-35-41(37-31-25-19-15-21-27-33-39-43(45)7-3)42(36-30-24-18-14-12-10-6-2)38-32-26-20-16-22-28-34-40-44(46)8-4;;/h43-44H,5-42H2,1-4H3;41-42H,5-40H2,1-4H3;2*1H4. The first-order valence-corrected chi connectivity index (χ1v) is 44.2. The van der Waals surface area contributed by atoms with Crippen molar-refractivity contribution in [1.29, 1.82) is 0 Å². The molecule has 0 fully saturated rings. The van der Waals surface area contributed by atoms with Crippen LogP contribution in [-0.4, -0.2) is 23.1 Å². The molecule has 0 aliphatic heterocycles. The number of carbonyl (C=O) groups is 4. The molecule has 4 atom stereocenters. The topological polar surface area (TPSA) is 68.3 Å². The number of hydrogen-bond donors (Lipinski definition) is 0. The lowest BCUT2D eigenvalue weighted by molar-refractivity contribution is -0.119. The molecular formula is C92H184O4. The van der Waals surface area contributed by atoms with E-state index < -0.39 is 0 Å². The first-order chi connectivity index (χ1) is 46.2. The van der Waals surface area contributed by atoms with Crippen molar-refractivity contribution in [3.05, 3.63) is 0 Å². The molecule has 0 saturated carbocycles. The van der Waals surface area contributed by atoms with Crippen LogP contribution in [0.15, 0.2) is 0 Å². The van der Waals surface area contributed by atoms with E-state index in [0.29, 0.717) is 48.8 Å². The molecule has 96 heavy (non-hydrogen) atoms. The number of unbranched alkanes of at least 4 members (excludes halogenated alkanes) is 50. The van der Waals surface area contributed by atoms with E-state index in [1.807, 2.05) is 27.7 Å². The summed E-state index contributed by atoms with van der Waals surface area (Å²) in [6.45, 7) is 17.3. The maximum Gasteiger partial charge on any atom is 0.132 e. The highest BCUT2D eigenvalue weighted by Gasteiger charge is 2.23. The number of rotatable bonds is 80. The summed E-state index contributed by atoms with van der Waals surface area (Å²) in [7, 11) is 0. The van der Waals surface area contributed by atoms with Crippen molar-refractivity contribution in [1.82, 2.24) is 0 Å². The summed E-state index contributed by atoms with van der Waals surface area (Å²) in [6.07, 6.45) is 98.0. The third-order valence-corrected chi connectivity index (χ3v) is 22.2. The molecule has 0 aliphatic carbocycles. The molecule has 4 nitrogen and oxygen atoms in total. The van der Waals surface area contributed by atoms with Crippen LogP contribution in [0.1, 0.15) is 545 Å². The Labute approximate surface area is 608 Å². The van der Waals surface area contributed by atoms with Crippen LogP contribution in [-0.2, 0) is 19.2 Å². The van der Waals surface area contributed by atoms with Crippen LogP contribution in [0.2, 0.25) is 0 Å². The number of carbonyl (C=O) groups excluding carboxylic acids is 4. The SMILES string of the molecule is C.C.CCCCCCCCCC(CCCCCCCCCC(=O)CC)C(CCCCCCCCC)CCCCCCCCCC(=O)CC.CCCCCCCCCC(CCCCCCCCCCC(=O)CC)C(CCCCCCCCC)CCCCCCCCCCC(=O)CC. The molecule has 0 spiro atoms. The van der Waals surface area contributed by atoms with Gasteiger partial charge in [0.1, 0.15) is 23.1 Å². The summed E-state index contributed by atoms with van der Waals surface area (Å²) in [6, 6.07) is 0. The van der Waals surface area contributed by atoms with Gasteiger partial charge in [0.25, 0.3) is 0 Å². The van der Waals surface area contributed by atoms with E-state index in [9.17, 15) is 19.2 Å². The van der Waals surface area contributed by atoms with E-state index in [2.05, 4.69) is 27.7 Å². The van der Waals surface area contributed by atoms with Gasteiger partial charge in [-0.25, -0.2) is 0 Å². The van der Waals surface area contributed by atoms with E-state index in [0.717, 1.165) is 75.0 Å². The molecule has 0 aliphatic rings. The van der Waals surface area contributed by atoms with Crippen LogP contribution < -0.4 is 0 Å². The molecule has 0 aromatic heterocycles. The van der Waals surface area contributed by atoms with Crippen LogP contribution in [0.3, 0.4) is 0 Å². The summed E-state index contributed by atoms with van der Waals surface area (Å²) >= 11 is 0. The largest absolute Gasteiger partial charge is 0.300 e. The average molecular weight is 1350 g/mol. The molecule has 0 radical (unpaired) electrons. The van der Waals surface area contributed by atoms with Crippen molar-refractivity contribution in [2.45, 2.75) is 545 Å². The fraction of sp³-hybridized carbons (Fsp3) is 0.957. The predicted octanol–water partition coefficient (Wildman–Crippen LogP) is 33.0. The molecule has 4 heteroatoms. The summed E-state index contributed by atoms with van der Waals surface area (Å²) in [5.74, 6) is 5.58. The van der Waals surface area contributed by atoms with Crippen LogP contribution in [0.4, 0.5) is 0 Å². The molecule has 0 amide bonds. The highest BCUT2D eigenvalue weighted by atomic mass is 16.1. The Hall–Kier alpha value is -1.32. The molecule has 0 bridgehead atoms. The Balaban J connectivity index is -0.000000864. The minimum absolute atomic E-state index is 0. The van der Waals surface area contributed by atoms with Crippen molar-refractivity contribution < 1.29 is 19.2 Å². The van der Waals surface area contributed by atoms with Crippen molar-refractivity contribution in [3.63, 3.8) is 0 Å². The van der Waals surface area contributed by atoms with Crippen LogP contribution in [0.5, 0.6) is 0 Å². The minimum Gasteiger partial charge on any atom is -0.300 e. The van der Waals surface area contributed by atoms with Gasteiger partial charge in [-0.05, 0) is 49.4 Å². The highest BCUT2D eigenvalue weighted by molar-refractivity contribution is 5.78. The second kappa shape index (κ2) is 86.1. The van der Waals surface area contributed by atoms with Crippen molar-refractivity contribution in [2.24, 2.45) is 23.7 Å². The Kier molecular flexibility index (Phi) is 90.6. The van der Waals surface area contributed by atoms with Gasteiger partial charge >= 0.3 is 0 Å². The number of ketones is 4. The van der Waals surface area contributed by atoms with E-state index in [4.69, 9.17) is 0 Å². The smallest absolute Gasteiger partial charge is 0.132 e. The lowest BCUT2D eigenvalue weighted by Crippen LogP contribution is -2.16. The Morgan fingerprint density at radius 2 is 0.260 bits per heavy atom. The summed E-state index contributed by atoms with van der Waals surface area (Å²) in [5, 5.41) is 0. The van der Waals surface area contributed by atoms with Gasteiger partial charge in [-0.1, -0.05) is 468 Å². The van der Waals surface area contributed by atoms with Gasteiger partial charge in [0.2, 0.25) is 0 Å². The van der Waals surface area contributed by atoms with Crippen molar-refractivity contribution >= 4 is 23.1 Å². The maximum atomic E-state index is 11.6. The van der Waals surface area contributed by atoms with Gasteiger partial charge in [0.05, 0.1) is 0 Å². The molecular weight excluding hydrogens is 1170 g/mol. The predicted molar refractivity (Wildman–Crippen MR) is 435 cm³/mol. The lowest BCUT2D eigenvalue weighted by Gasteiger charge is -2.28. The Morgan fingerprint density at radius 1 is 0.156 bits per heavy atom. The second-order valence-electron chi connectivity index (χ2n) is 31.0. The van der Waals surface area contributed by atoms with E-state index in [1.54, 1.807) is 0 Å². The number of hydrogen-bond acceptors (Lipinski definition) is 4. The molecule has 0 heterocycles. The normalized spacial score (nSPS) is 12.6. The molecule has 0 aromatic rings. The fourth-order valence-corrected chi connectivity index (χ4v) is 15.4. The summed E-state index contributed by atoms with van der Waals surface area (Å²) in [5.41, 5.74) is 0. The monoisotopic (exact) mass is 1350 g/mol. The van der Waals surface area contributed by atoms with Crippen molar-refractivity contribution in [3.8, 4) is 0 Å². The van der Waals surface area contributed by atoms with Crippen molar-refractivity contribution in [2.75, 3.05) is 0 Å². The van der Waals surface area contributed by atoms with Crippen LogP contribution in [0.25, 0.3) is 0 Å². The maximum absolute atomic E-state index is 11.6. The quantitative estimate of drug-likeness (QED) is 0.0569. The molecule has 0 aromatic carbocycles. The molecule has 4 unspecified atom stereocenters. The lowest BCUT2D eigenvalue weighted by atomic mass is 9.78. The molecule has 0 rings (SSSR count). The van der Waals surface area contributed by atoms with E-state index in [-0.39, 0.29) is 14.9 Å². The van der Waals surface area contributed by atoms with Gasteiger partial charge in [-0.3, -0.25) is 19.2 Å². The zero-order valence-corrected chi connectivity index (χ0v) is 66.3. The third-order valence-electron chi connectivity index (χ3n) is 22.2. The number of Topliss-reactive ketones (excluding diaryl/α,β-unsaturated/α-hetero) is 4. The summed E-state index contributed by atoms with van der Waals surface area (Å²) < 4.78 is 0. The minimum atomic E-state index is 0. The Bertz CT molecular complexity index is 1390. The van der Waals surface area contributed by atoms with Gasteiger partial charge in [0, 0.05) is 51.4 Å². The van der Waals surface area contributed by atoms with Crippen LogP contribution in [0, 0.1) is 23.7 Å². The molecule has 576 valence electrons. The van der Waals surface area contributed by atoms with E-state index >= 15 is 0 Å². The van der Waals surface area contributed by atoms with Gasteiger partial charge < -0.3 is 0 Å². The molecule has 0 N–H and O–H groups in total. The van der Waals surface area contributed by atoms with Gasteiger partial charge in [-0.2, -0.15) is 0 Å². The zero-order valence-electron chi connectivity index (χ0n) is 66.3. The second-order valence-corrected chi connectivity index (χ2v) is 31.0. The third kappa shape index (κ3) is 76.9. The average Bonchev–Trinajstić information content (AvgIpc) is 1.36. The van der Waals surface area contributed by atoms with Gasteiger partial charge in [0.15, 0.2) is 0 Å². The Morgan fingerprint density at radius 3 is 0.375 bits per heavy atom. The van der Waals surface area contributed by atoms with Crippen LogP contribution >= 0.6 is 0 Å². The highest BCUT2D eigenvalue weighted by Crippen LogP contribution is 2.36. The van der Waals surface area contributed by atoms with E-state index in [1.165, 1.54) is 398 Å². The fourth-order valence-electron chi connectivity index (χ4n) is 15.4.